The number of ether oxygens (including phenoxy) is 2. The Hall–Kier alpha value is -2.89. The average molecular weight is 273 g/mol. The molecule has 0 saturated heterocycles. The molecule has 2 aromatic rings. The summed E-state index contributed by atoms with van der Waals surface area (Å²) in [5, 5.41) is 10.9. The second kappa shape index (κ2) is 5.83. The zero-order valence-corrected chi connectivity index (χ0v) is 10.6. The van der Waals surface area contributed by atoms with E-state index in [1.165, 1.54) is 19.2 Å². The normalized spacial score (nSPS) is 9.85. The van der Waals surface area contributed by atoms with Crippen LogP contribution in [0.3, 0.4) is 0 Å². The molecule has 0 unspecified atom stereocenters. The van der Waals surface area contributed by atoms with E-state index in [1.54, 1.807) is 24.3 Å². The van der Waals surface area contributed by atoms with Gasteiger partial charge in [-0.15, -0.1) is 0 Å². The van der Waals surface area contributed by atoms with Crippen LogP contribution in [-0.4, -0.2) is 18.3 Å². The van der Waals surface area contributed by atoms with Gasteiger partial charge in [-0.3, -0.25) is 14.9 Å². The lowest BCUT2D eigenvalue weighted by Crippen LogP contribution is -1.98. The summed E-state index contributed by atoms with van der Waals surface area (Å²) < 4.78 is 10.6. The van der Waals surface area contributed by atoms with Crippen LogP contribution in [0, 0.1) is 10.1 Å². The van der Waals surface area contributed by atoms with Crippen LogP contribution in [0.4, 0.5) is 5.69 Å². The lowest BCUT2D eigenvalue weighted by atomic mass is 10.1. The van der Waals surface area contributed by atoms with Crippen LogP contribution in [0.2, 0.25) is 0 Å². The molecule has 0 atom stereocenters. The van der Waals surface area contributed by atoms with Crippen molar-refractivity contribution in [1.82, 2.24) is 0 Å². The van der Waals surface area contributed by atoms with E-state index in [2.05, 4.69) is 0 Å². The van der Waals surface area contributed by atoms with Gasteiger partial charge in [0.2, 0.25) is 0 Å². The molecule has 0 heterocycles. The minimum absolute atomic E-state index is 0.0627. The Labute approximate surface area is 114 Å². The van der Waals surface area contributed by atoms with Crippen LogP contribution in [-0.2, 0) is 0 Å². The van der Waals surface area contributed by atoms with Gasteiger partial charge in [-0.1, -0.05) is 18.2 Å². The van der Waals surface area contributed by atoms with Gasteiger partial charge in [0.25, 0.3) is 5.69 Å². The van der Waals surface area contributed by atoms with Gasteiger partial charge in [0, 0.05) is 6.07 Å². The predicted octanol–water partition coefficient (Wildman–Crippen LogP) is 3.21. The Kier molecular flexibility index (Phi) is 3.95. The van der Waals surface area contributed by atoms with Gasteiger partial charge < -0.3 is 9.47 Å². The number of benzene rings is 2. The highest BCUT2D eigenvalue weighted by Crippen LogP contribution is 2.36. The molecule has 0 amide bonds. The van der Waals surface area contributed by atoms with Crippen molar-refractivity contribution in [2.75, 3.05) is 7.11 Å². The van der Waals surface area contributed by atoms with Gasteiger partial charge in [0.1, 0.15) is 5.75 Å². The largest absolute Gasteiger partial charge is 0.493 e. The maximum Gasteiger partial charge on any atom is 0.283 e. The first-order valence-electron chi connectivity index (χ1n) is 5.70. The van der Waals surface area contributed by atoms with Crippen molar-refractivity contribution in [2.24, 2.45) is 0 Å². The highest BCUT2D eigenvalue weighted by molar-refractivity contribution is 5.83. The van der Waals surface area contributed by atoms with E-state index in [1.807, 2.05) is 6.07 Å². The van der Waals surface area contributed by atoms with E-state index < -0.39 is 4.92 Å². The fourth-order valence-electron chi connectivity index (χ4n) is 1.67. The van der Waals surface area contributed by atoms with Crippen LogP contribution in [0.25, 0.3) is 0 Å². The highest BCUT2D eigenvalue weighted by Gasteiger charge is 2.19. The van der Waals surface area contributed by atoms with Crippen LogP contribution < -0.4 is 9.47 Å². The van der Waals surface area contributed by atoms with Gasteiger partial charge >= 0.3 is 0 Å². The fourth-order valence-corrected chi connectivity index (χ4v) is 1.67. The van der Waals surface area contributed by atoms with Crippen molar-refractivity contribution in [1.29, 1.82) is 0 Å². The number of rotatable bonds is 5. The van der Waals surface area contributed by atoms with Crippen molar-refractivity contribution in [3.8, 4) is 17.2 Å². The minimum atomic E-state index is -0.638. The Morgan fingerprint density at radius 3 is 2.40 bits per heavy atom. The molecule has 0 aliphatic rings. The Morgan fingerprint density at radius 2 is 1.85 bits per heavy atom. The van der Waals surface area contributed by atoms with Crippen molar-refractivity contribution in [3.63, 3.8) is 0 Å². The molecule has 0 aliphatic heterocycles. The third kappa shape index (κ3) is 2.74. The summed E-state index contributed by atoms with van der Waals surface area (Å²) in [4.78, 5) is 21.2. The number of nitrogens with zero attached hydrogens (tertiary/aromatic N) is 1. The number of methoxy groups -OCH3 is 1. The van der Waals surface area contributed by atoms with E-state index >= 15 is 0 Å². The van der Waals surface area contributed by atoms with Gasteiger partial charge in [0.05, 0.1) is 23.7 Å². The summed E-state index contributed by atoms with van der Waals surface area (Å²) in [6.45, 7) is 0. The van der Waals surface area contributed by atoms with Gasteiger partial charge in [0.15, 0.2) is 17.8 Å². The van der Waals surface area contributed by atoms with Crippen LogP contribution in [0.5, 0.6) is 17.2 Å². The molecule has 20 heavy (non-hydrogen) atoms. The SMILES string of the molecule is COc1cc(C=O)c([N+](=O)[O-])cc1Oc1ccccc1. The van der Waals surface area contributed by atoms with E-state index in [0.29, 0.717) is 12.0 Å². The molecule has 0 aliphatic carbocycles. The predicted molar refractivity (Wildman–Crippen MR) is 71.6 cm³/mol. The van der Waals surface area contributed by atoms with E-state index in [9.17, 15) is 14.9 Å². The molecule has 2 aromatic carbocycles. The van der Waals surface area contributed by atoms with Crippen molar-refractivity contribution in [2.45, 2.75) is 0 Å². The molecule has 0 aromatic heterocycles. The molecular formula is C14H11NO5. The number of hydrogen-bond donors (Lipinski definition) is 0. The Balaban J connectivity index is 2.48. The maximum atomic E-state index is 10.9. The molecule has 0 saturated carbocycles. The molecule has 6 heteroatoms. The number of carbonyl (C=O) groups is 1. The lowest BCUT2D eigenvalue weighted by molar-refractivity contribution is -0.385. The number of carbonyl (C=O) groups excluding carboxylic acids is 1. The molecule has 6 nitrogen and oxygen atoms in total. The quantitative estimate of drug-likeness (QED) is 0.475. The second-order valence-corrected chi connectivity index (χ2v) is 3.85. The molecule has 0 radical (unpaired) electrons. The summed E-state index contributed by atoms with van der Waals surface area (Å²) in [6.07, 6.45) is 0.410. The molecule has 0 fully saturated rings. The minimum Gasteiger partial charge on any atom is -0.493 e. The number of nitro groups is 1. The summed E-state index contributed by atoms with van der Waals surface area (Å²) in [6, 6.07) is 11.2. The molecule has 2 rings (SSSR count). The van der Waals surface area contributed by atoms with Crippen molar-refractivity contribution < 1.29 is 19.2 Å². The fraction of sp³-hybridized carbons (Fsp3) is 0.0714. The van der Waals surface area contributed by atoms with E-state index in [4.69, 9.17) is 9.47 Å². The first kappa shape index (κ1) is 13.5. The van der Waals surface area contributed by atoms with Crippen LogP contribution in [0.1, 0.15) is 10.4 Å². The third-order valence-electron chi connectivity index (χ3n) is 2.61. The van der Waals surface area contributed by atoms with Crippen molar-refractivity contribution >= 4 is 12.0 Å². The van der Waals surface area contributed by atoms with Gasteiger partial charge in [-0.25, -0.2) is 0 Å². The third-order valence-corrected chi connectivity index (χ3v) is 2.61. The van der Waals surface area contributed by atoms with E-state index in [-0.39, 0.29) is 22.7 Å². The molecule has 0 bridgehead atoms. The highest BCUT2D eigenvalue weighted by atomic mass is 16.6. The smallest absolute Gasteiger partial charge is 0.283 e. The Bertz CT molecular complexity index is 640. The summed E-state index contributed by atoms with van der Waals surface area (Å²) in [5.74, 6) is 0.941. The van der Waals surface area contributed by atoms with Gasteiger partial charge in [-0.05, 0) is 12.1 Å². The molecular weight excluding hydrogens is 262 g/mol. The topological polar surface area (TPSA) is 78.7 Å². The first-order valence-corrected chi connectivity index (χ1v) is 5.70. The summed E-state index contributed by atoms with van der Waals surface area (Å²) >= 11 is 0. The maximum absolute atomic E-state index is 10.9. The zero-order valence-electron chi connectivity index (χ0n) is 10.6. The summed E-state index contributed by atoms with van der Waals surface area (Å²) in [5.41, 5.74) is -0.390. The number of hydrogen-bond acceptors (Lipinski definition) is 5. The average Bonchev–Trinajstić information content (AvgIpc) is 2.47. The molecule has 0 N–H and O–H groups in total. The second-order valence-electron chi connectivity index (χ2n) is 3.85. The van der Waals surface area contributed by atoms with Crippen LogP contribution >= 0.6 is 0 Å². The molecule has 102 valence electrons. The molecule has 0 spiro atoms. The Morgan fingerprint density at radius 1 is 1.15 bits per heavy atom. The lowest BCUT2D eigenvalue weighted by Gasteiger charge is -2.10. The zero-order chi connectivity index (χ0) is 14.5. The number of nitro benzene ring substituents is 1. The van der Waals surface area contributed by atoms with Crippen molar-refractivity contribution in [3.05, 3.63) is 58.1 Å². The monoisotopic (exact) mass is 273 g/mol. The number of para-hydroxylation sites is 1. The summed E-state index contributed by atoms with van der Waals surface area (Å²) in [7, 11) is 1.40. The van der Waals surface area contributed by atoms with Crippen LogP contribution in [0.15, 0.2) is 42.5 Å². The standard InChI is InChI=1S/C14H11NO5/c1-19-13-7-10(9-16)12(15(17)18)8-14(13)20-11-5-3-2-4-6-11/h2-9H,1H3. The van der Waals surface area contributed by atoms with E-state index in [0.717, 1.165) is 0 Å². The van der Waals surface area contributed by atoms with Gasteiger partial charge in [-0.2, -0.15) is 0 Å². The number of aldehydes is 1. The first-order chi connectivity index (χ1) is 9.65.